The monoisotopic (exact) mass is 209 g/mol. The van der Waals surface area contributed by atoms with E-state index in [0.29, 0.717) is 5.57 Å². The molecule has 15 heavy (non-hydrogen) atoms. The van der Waals surface area contributed by atoms with Crippen molar-refractivity contribution in [3.05, 3.63) is 23.9 Å². The van der Waals surface area contributed by atoms with Crippen LogP contribution in [0.1, 0.15) is 32.6 Å². The average molecular weight is 209 g/mol. The summed E-state index contributed by atoms with van der Waals surface area (Å²) in [6, 6.07) is 0. The first-order chi connectivity index (χ1) is 7.24. The fraction of sp³-hybridized carbons (Fsp3) is 0.583. The van der Waals surface area contributed by atoms with Crippen LogP contribution in [0.5, 0.6) is 0 Å². The lowest BCUT2D eigenvalue weighted by Gasteiger charge is -2.21. The first-order valence-electron chi connectivity index (χ1n) is 5.59. The molecule has 0 unspecified atom stereocenters. The van der Waals surface area contributed by atoms with Gasteiger partial charge < -0.3 is 10.0 Å². The average Bonchev–Trinajstić information content (AvgIpc) is 2.25. The maximum absolute atomic E-state index is 10.6. The highest BCUT2D eigenvalue weighted by Gasteiger charge is 2.08. The Morgan fingerprint density at radius 3 is 2.80 bits per heavy atom. The summed E-state index contributed by atoms with van der Waals surface area (Å²) in [5, 5.41) is 8.73. The molecule has 0 radical (unpaired) electrons. The summed E-state index contributed by atoms with van der Waals surface area (Å²) in [6.07, 6.45) is 10.3. The highest BCUT2D eigenvalue weighted by molar-refractivity contribution is 5.90. The molecular formula is C12H19NO2. The fourth-order valence-corrected chi connectivity index (χ4v) is 1.60. The lowest BCUT2D eigenvalue weighted by atomic mass is 10.1. The van der Waals surface area contributed by atoms with Gasteiger partial charge in [-0.05, 0) is 12.5 Å². The van der Waals surface area contributed by atoms with Gasteiger partial charge in [0.25, 0.3) is 0 Å². The van der Waals surface area contributed by atoms with E-state index in [2.05, 4.69) is 11.8 Å². The molecule has 3 nitrogen and oxygen atoms in total. The number of carbonyl (C=O) groups is 1. The van der Waals surface area contributed by atoms with Gasteiger partial charge >= 0.3 is 5.97 Å². The summed E-state index contributed by atoms with van der Waals surface area (Å²) in [6.45, 7) is 3.95. The molecule has 3 heteroatoms. The minimum absolute atomic E-state index is 0.403. The molecule has 0 atom stereocenters. The lowest BCUT2D eigenvalue weighted by molar-refractivity contribution is -0.132. The smallest absolute Gasteiger partial charge is 0.335 e. The van der Waals surface area contributed by atoms with Crippen LogP contribution in [-0.4, -0.2) is 29.1 Å². The largest absolute Gasteiger partial charge is 0.478 e. The molecule has 1 N–H and O–H groups in total. The number of unbranched alkanes of at least 4 members (excludes halogenated alkanes) is 3. The topological polar surface area (TPSA) is 40.5 Å². The number of carboxylic acids is 1. The van der Waals surface area contributed by atoms with Crippen LogP contribution in [0.25, 0.3) is 0 Å². The molecule has 1 aliphatic rings. The summed E-state index contributed by atoms with van der Waals surface area (Å²) >= 11 is 0. The van der Waals surface area contributed by atoms with Crippen molar-refractivity contribution in [2.75, 3.05) is 13.1 Å². The second kappa shape index (κ2) is 6.27. The quantitative estimate of drug-likeness (QED) is 0.683. The number of aliphatic carboxylic acids is 1. The normalized spacial score (nSPS) is 15.3. The van der Waals surface area contributed by atoms with E-state index in [-0.39, 0.29) is 0 Å². The third-order valence-corrected chi connectivity index (χ3v) is 2.56. The number of nitrogens with zero attached hydrogens (tertiary/aromatic N) is 1. The van der Waals surface area contributed by atoms with Crippen LogP contribution < -0.4 is 0 Å². The minimum Gasteiger partial charge on any atom is -0.478 e. The van der Waals surface area contributed by atoms with Crippen LogP contribution in [0.15, 0.2) is 23.9 Å². The maximum atomic E-state index is 10.6. The van der Waals surface area contributed by atoms with Crippen molar-refractivity contribution in [2.45, 2.75) is 32.6 Å². The Kier molecular flexibility index (Phi) is 4.95. The van der Waals surface area contributed by atoms with Crippen molar-refractivity contribution in [2.24, 2.45) is 0 Å². The zero-order chi connectivity index (χ0) is 11.1. The van der Waals surface area contributed by atoms with Crippen molar-refractivity contribution < 1.29 is 9.90 Å². The van der Waals surface area contributed by atoms with E-state index in [1.807, 2.05) is 6.20 Å². The van der Waals surface area contributed by atoms with Gasteiger partial charge in [-0.3, -0.25) is 0 Å². The highest BCUT2D eigenvalue weighted by Crippen LogP contribution is 2.09. The summed E-state index contributed by atoms with van der Waals surface area (Å²) < 4.78 is 0. The van der Waals surface area contributed by atoms with E-state index >= 15 is 0 Å². The number of carboxylic acid groups (broad SMARTS) is 1. The molecule has 0 bridgehead atoms. The van der Waals surface area contributed by atoms with Gasteiger partial charge in [-0.25, -0.2) is 4.79 Å². The molecule has 84 valence electrons. The van der Waals surface area contributed by atoms with Crippen LogP contribution in [0.2, 0.25) is 0 Å². The van der Waals surface area contributed by atoms with Gasteiger partial charge in [-0.1, -0.05) is 32.3 Å². The van der Waals surface area contributed by atoms with Gasteiger partial charge in [-0.15, -0.1) is 0 Å². The van der Waals surface area contributed by atoms with Gasteiger partial charge in [0.05, 0.1) is 5.57 Å². The van der Waals surface area contributed by atoms with E-state index in [4.69, 9.17) is 5.11 Å². The summed E-state index contributed by atoms with van der Waals surface area (Å²) in [5.74, 6) is -0.836. The Morgan fingerprint density at radius 2 is 2.27 bits per heavy atom. The van der Waals surface area contributed by atoms with Crippen molar-refractivity contribution in [3.8, 4) is 0 Å². The van der Waals surface area contributed by atoms with Crippen molar-refractivity contribution in [1.82, 2.24) is 4.90 Å². The molecule has 0 aliphatic carbocycles. The van der Waals surface area contributed by atoms with E-state index in [1.54, 1.807) is 12.2 Å². The summed E-state index contributed by atoms with van der Waals surface area (Å²) in [4.78, 5) is 12.8. The van der Waals surface area contributed by atoms with Gasteiger partial charge in [-0.2, -0.15) is 0 Å². The first kappa shape index (κ1) is 11.8. The van der Waals surface area contributed by atoms with Crippen LogP contribution in [0, 0.1) is 0 Å². The van der Waals surface area contributed by atoms with Crippen LogP contribution in [-0.2, 0) is 4.79 Å². The number of hydrogen-bond acceptors (Lipinski definition) is 2. The zero-order valence-corrected chi connectivity index (χ0v) is 9.28. The van der Waals surface area contributed by atoms with Gasteiger partial charge in [0.15, 0.2) is 0 Å². The van der Waals surface area contributed by atoms with Crippen molar-refractivity contribution in [1.29, 1.82) is 0 Å². The molecule has 0 fully saturated rings. The third-order valence-electron chi connectivity index (χ3n) is 2.56. The minimum atomic E-state index is -0.836. The molecule has 0 aromatic heterocycles. The molecule has 1 aliphatic heterocycles. The number of rotatable bonds is 6. The first-order valence-corrected chi connectivity index (χ1v) is 5.59. The van der Waals surface area contributed by atoms with Crippen LogP contribution >= 0.6 is 0 Å². The van der Waals surface area contributed by atoms with Crippen LogP contribution in [0.3, 0.4) is 0 Å². The second-order valence-corrected chi connectivity index (χ2v) is 3.84. The summed E-state index contributed by atoms with van der Waals surface area (Å²) in [7, 11) is 0. The van der Waals surface area contributed by atoms with E-state index in [1.165, 1.54) is 25.7 Å². The number of hydrogen-bond donors (Lipinski definition) is 1. The van der Waals surface area contributed by atoms with E-state index < -0.39 is 5.97 Å². The molecule has 1 heterocycles. The van der Waals surface area contributed by atoms with Crippen LogP contribution in [0.4, 0.5) is 0 Å². The molecule has 0 amide bonds. The molecule has 0 aromatic rings. The highest BCUT2D eigenvalue weighted by atomic mass is 16.4. The third kappa shape index (κ3) is 4.19. The predicted octanol–water partition coefficient (Wildman–Crippen LogP) is 2.41. The van der Waals surface area contributed by atoms with E-state index in [0.717, 1.165) is 13.1 Å². The Morgan fingerprint density at radius 1 is 1.47 bits per heavy atom. The Balaban J connectivity index is 2.21. The van der Waals surface area contributed by atoms with Gasteiger partial charge in [0.1, 0.15) is 0 Å². The SMILES string of the molecule is CCCCCCN1C=CC(C(=O)O)=CC1. The van der Waals surface area contributed by atoms with Gasteiger partial charge in [0.2, 0.25) is 0 Å². The molecular weight excluding hydrogens is 190 g/mol. The molecule has 1 rings (SSSR count). The fourth-order valence-electron chi connectivity index (χ4n) is 1.60. The van der Waals surface area contributed by atoms with Gasteiger partial charge in [0, 0.05) is 19.3 Å². The van der Waals surface area contributed by atoms with Crippen molar-refractivity contribution >= 4 is 5.97 Å². The summed E-state index contributed by atoms with van der Waals surface area (Å²) in [5.41, 5.74) is 0.403. The zero-order valence-electron chi connectivity index (χ0n) is 9.28. The second-order valence-electron chi connectivity index (χ2n) is 3.84. The Bertz CT molecular complexity index is 269. The molecule has 0 saturated carbocycles. The van der Waals surface area contributed by atoms with Crippen molar-refractivity contribution in [3.63, 3.8) is 0 Å². The Hall–Kier alpha value is -1.25. The maximum Gasteiger partial charge on any atom is 0.335 e. The van der Waals surface area contributed by atoms with E-state index in [9.17, 15) is 4.79 Å². The Labute approximate surface area is 91.1 Å². The molecule has 0 saturated heterocycles. The lowest BCUT2D eigenvalue weighted by Crippen LogP contribution is -2.22. The molecule has 0 aromatic carbocycles. The predicted molar refractivity (Wildman–Crippen MR) is 60.6 cm³/mol. The standard InChI is InChI=1S/C12H19NO2/c1-2-3-4-5-8-13-9-6-11(7-10-13)12(14)15/h6-7,9H,2-5,8,10H2,1H3,(H,14,15). The molecule has 0 spiro atoms.